The molecule has 0 saturated heterocycles. The van der Waals surface area contributed by atoms with E-state index in [1.807, 2.05) is 102 Å². The zero-order valence-corrected chi connectivity index (χ0v) is 20.6. The molecule has 2 aromatic rings. The molecule has 1 unspecified atom stereocenters. The second-order valence-electron chi connectivity index (χ2n) is 5.67. The van der Waals surface area contributed by atoms with Crippen molar-refractivity contribution >= 4 is 5.97 Å². The lowest BCUT2D eigenvalue weighted by molar-refractivity contribution is -0.149. The van der Waals surface area contributed by atoms with Crippen LogP contribution in [0.4, 0.5) is 0 Å². The third-order valence-corrected chi connectivity index (χ3v) is 3.30. The molecule has 0 amide bonds. The van der Waals surface area contributed by atoms with Crippen LogP contribution in [0, 0.1) is 5.92 Å². The Labute approximate surface area is 185 Å². The largest absolute Gasteiger partial charge is 0.461 e. The first kappa shape index (κ1) is 32.5. The fourth-order valence-corrected chi connectivity index (χ4v) is 1.92. The Morgan fingerprint density at radius 3 is 1.53 bits per heavy atom. The molecule has 0 aromatic heterocycles. The van der Waals surface area contributed by atoms with Crippen molar-refractivity contribution < 1.29 is 19.0 Å². The molecule has 0 fully saturated rings. The number of hydrogen-bond donors (Lipinski definition) is 0. The summed E-state index contributed by atoms with van der Waals surface area (Å²) in [6, 6.07) is 19.7. The fraction of sp³-hybridized carbons (Fsp3) is 0.500. The number of carbonyl (C=O) groups is 1. The summed E-state index contributed by atoms with van der Waals surface area (Å²) in [5.74, 6) is -0.265. The van der Waals surface area contributed by atoms with Gasteiger partial charge < -0.3 is 14.2 Å². The molecule has 2 aromatic carbocycles. The Balaban J connectivity index is -0.000000561. The maximum atomic E-state index is 11.9. The normalized spacial score (nSPS) is 9.50. The molecule has 0 saturated carbocycles. The van der Waals surface area contributed by atoms with Crippen LogP contribution in [0.3, 0.4) is 0 Å². The average molecular weight is 421 g/mol. The van der Waals surface area contributed by atoms with Crippen LogP contribution in [0.5, 0.6) is 0 Å². The third-order valence-electron chi connectivity index (χ3n) is 3.30. The highest BCUT2D eigenvalue weighted by Crippen LogP contribution is 2.11. The third kappa shape index (κ3) is 20.6. The first-order valence-corrected chi connectivity index (χ1v) is 10.7. The summed E-state index contributed by atoms with van der Waals surface area (Å²) in [6.45, 7) is 13.0. The zero-order valence-electron chi connectivity index (χ0n) is 20.6. The van der Waals surface area contributed by atoms with Crippen LogP contribution in [0.25, 0.3) is 0 Å². The maximum Gasteiger partial charge on any atom is 0.309 e. The number of benzene rings is 2. The van der Waals surface area contributed by atoms with E-state index in [1.165, 1.54) is 0 Å². The molecular weight excluding hydrogens is 376 g/mol. The number of rotatable bonds is 6. The number of ether oxygens (including phenoxy) is 3. The van der Waals surface area contributed by atoms with Gasteiger partial charge in [-0.1, -0.05) is 95.3 Å². The van der Waals surface area contributed by atoms with Gasteiger partial charge in [0.15, 0.2) is 0 Å². The Kier molecular flexibility index (Phi) is 29.1. The first-order chi connectivity index (χ1) is 14.6. The summed E-state index contributed by atoms with van der Waals surface area (Å²) in [6.07, 6.45) is 0.717. The van der Waals surface area contributed by atoms with E-state index in [1.54, 1.807) is 21.3 Å². The van der Waals surface area contributed by atoms with Gasteiger partial charge in [0.1, 0.15) is 6.61 Å². The molecule has 0 aliphatic carbocycles. The van der Waals surface area contributed by atoms with E-state index in [4.69, 9.17) is 4.74 Å². The van der Waals surface area contributed by atoms with Gasteiger partial charge in [-0.15, -0.1) is 0 Å². The molecule has 30 heavy (non-hydrogen) atoms. The van der Waals surface area contributed by atoms with Crippen LogP contribution < -0.4 is 0 Å². The standard InChI is InChI=1S/C17H18O2.C3H8O.C2H6O.2C2H6/c1-14(12-15-8-4-2-5-9-15)17(18)19-13-16-10-6-3-7-11-16;1-3-4-2;1-3-2;2*1-2/h2-11,14H,12-13H2,1H3;3H2,1-2H3;1-2H3;2*1-2H3. The van der Waals surface area contributed by atoms with E-state index in [-0.39, 0.29) is 11.9 Å². The number of carbonyl (C=O) groups excluding carboxylic acids is 1. The molecule has 0 heterocycles. The molecule has 1 atom stereocenters. The molecule has 4 heteroatoms. The molecule has 0 aliphatic rings. The van der Waals surface area contributed by atoms with Gasteiger partial charge in [0, 0.05) is 27.9 Å². The minimum atomic E-state index is -0.146. The number of esters is 1. The molecule has 2 rings (SSSR count). The van der Waals surface area contributed by atoms with Gasteiger partial charge >= 0.3 is 5.97 Å². The van der Waals surface area contributed by atoms with Crippen molar-refractivity contribution in [2.45, 2.75) is 54.6 Å². The first-order valence-electron chi connectivity index (χ1n) is 10.7. The molecule has 0 aliphatic heterocycles. The molecule has 0 radical (unpaired) electrons. The van der Waals surface area contributed by atoms with Gasteiger partial charge in [0.25, 0.3) is 0 Å². The van der Waals surface area contributed by atoms with Crippen molar-refractivity contribution in [3.05, 3.63) is 71.8 Å². The average Bonchev–Trinajstić information content (AvgIpc) is 2.82. The van der Waals surface area contributed by atoms with Gasteiger partial charge in [-0.25, -0.2) is 0 Å². The predicted octanol–water partition coefficient (Wildman–Crippen LogP) is 6.58. The quantitative estimate of drug-likeness (QED) is 0.495. The van der Waals surface area contributed by atoms with Crippen molar-refractivity contribution in [3.63, 3.8) is 0 Å². The fourth-order valence-electron chi connectivity index (χ4n) is 1.92. The highest BCUT2D eigenvalue weighted by Gasteiger charge is 2.14. The molecular formula is C26H44O4. The van der Waals surface area contributed by atoms with Crippen LogP contribution in [-0.2, 0) is 32.0 Å². The highest BCUT2D eigenvalue weighted by atomic mass is 16.5. The van der Waals surface area contributed by atoms with Gasteiger partial charge in [-0.05, 0) is 24.5 Å². The van der Waals surface area contributed by atoms with E-state index in [0.717, 1.165) is 17.7 Å². The van der Waals surface area contributed by atoms with E-state index in [0.29, 0.717) is 13.0 Å². The van der Waals surface area contributed by atoms with Crippen molar-refractivity contribution in [2.24, 2.45) is 5.92 Å². The second kappa shape index (κ2) is 26.8. The second-order valence-corrected chi connectivity index (χ2v) is 5.67. The topological polar surface area (TPSA) is 44.8 Å². The van der Waals surface area contributed by atoms with Crippen LogP contribution in [0.2, 0.25) is 0 Å². The predicted molar refractivity (Wildman–Crippen MR) is 129 cm³/mol. The Bertz CT molecular complexity index is 554. The van der Waals surface area contributed by atoms with Crippen molar-refractivity contribution in [2.75, 3.05) is 27.9 Å². The highest BCUT2D eigenvalue weighted by molar-refractivity contribution is 5.72. The minimum absolute atomic E-state index is 0.119. The molecule has 0 N–H and O–H groups in total. The van der Waals surface area contributed by atoms with E-state index < -0.39 is 0 Å². The minimum Gasteiger partial charge on any atom is -0.461 e. The molecule has 4 nitrogen and oxygen atoms in total. The summed E-state index contributed by atoms with van der Waals surface area (Å²) in [5, 5.41) is 0. The van der Waals surface area contributed by atoms with Crippen LogP contribution in [0.15, 0.2) is 60.7 Å². The lowest BCUT2D eigenvalue weighted by Gasteiger charge is -2.11. The van der Waals surface area contributed by atoms with E-state index in [2.05, 4.69) is 9.47 Å². The molecule has 172 valence electrons. The lowest BCUT2D eigenvalue weighted by atomic mass is 10.0. The number of hydrogen-bond acceptors (Lipinski definition) is 4. The van der Waals surface area contributed by atoms with Gasteiger partial charge in [0.05, 0.1) is 5.92 Å². The van der Waals surface area contributed by atoms with Crippen molar-refractivity contribution in [1.29, 1.82) is 0 Å². The monoisotopic (exact) mass is 420 g/mol. The van der Waals surface area contributed by atoms with Gasteiger partial charge in [-0.2, -0.15) is 0 Å². The van der Waals surface area contributed by atoms with E-state index in [9.17, 15) is 4.79 Å². The number of methoxy groups -OCH3 is 2. The van der Waals surface area contributed by atoms with E-state index >= 15 is 0 Å². The summed E-state index contributed by atoms with van der Waals surface area (Å²) in [7, 11) is 4.93. The summed E-state index contributed by atoms with van der Waals surface area (Å²) in [5.41, 5.74) is 2.18. The van der Waals surface area contributed by atoms with Crippen molar-refractivity contribution in [1.82, 2.24) is 0 Å². The van der Waals surface area contributed by atoms with Crippen LogP contribution >= 0.6 is 0 Å². The SMILES string of the molecule is CC.CC.CC(Cc1ccccc1)C(=O)OCc1ccccc1.CCOC.COC. The van der Waals surface area contributed by atoms with Crippen LogP contribution in [-0.4, -0.2) is 33.9 Å². The summed E-state index contributed by atoms with van der Waals surface area (Å²) >= 11 is 0. The summed E-state index contributed by atoms with van der Waals surface area (Å²) in [4.78, 5) is 11.9. The van der Waals surface area contributed by atoms with Crippen molar-refractivity contribution in [3.8, 4) is 0 Å². The maximum absolute atomic E-state index is 11.9. The van der Waals surface area contributed by atoms with Crippen LogP contribution in [0.1, 0.15) is 52.7 Å². The zero-order chi connectivity index (χ0) is 23.6. The van der Waals surface area contributed by atoms with Gasteiger partial charge in [0.2, 0.25) is 0 Å². The Hall–Kier alpha value is -2.17. The lowest BCUT2D eigenvalue weighted by Crippen LogP contribution is -2.16. The summed E-state index contributed by atoms with van der Waals surface area (Å²) < 4.78 is 14.1. The molecule has 0 bridgehead atoms. The van der Waals surface area contributed by atoms with Gasteiger partial charge in [-0.3, -0.25) is 4.79 Å². The Morgan fingerprint density at radius 2 is 1.17 bits per heavy atom. The Morgan fingerprint density at radius 1 is 0.800 bits per heavy atom. The molecule has 0 spiro atoms. The smallest absolute Gasteiger partial charge is 0.309 e.